The van der Waals surface area contributed by atoms with Crippen molar-refractivity contribution in [2.75, 3.05) is 18.5 Å². The highest BCUT2D eigenvalue weighted by Crippen LogP contribution is 2.18. The maximum Gasteiger partial charge on any atom is 0.270 e. The highest BCUT2D eigenvalue weighted by atomic mass is 16.5. The fraction of sp³-hybridized carbons (Fsp3) is 0.318. The van der Waals surface area contributed by atoms with Crippen LogP contribution in [0.4, 0.5) is 5.82 Å². The van der Waals surface area contributed by atoms with Gasteiger partial charge in [-0.2, -0.15) is 0 Å². The third-order valence-electron chi connectivity index (χ3n) is 4.92. The average Bonchev–Trinajstić information content (AvgIpc) is 2.72. The van der Waals surface area contributed by atoms with Crippen molar-refractivity contribution in [3.8, 4) is 0 Å². The molecule has 2 aromatic heterocycles. The van der Waals surface area contributed by atoms with Crippen molar-refractivity contribution < 1.29 is 9.53 Å². The molecule has 144 valence electrons. The summed E-state index contributed by atoms with van der Waals surface area (Å²) in [4.78, 5) is 21.5. The number of amides is 1. The molecule has 1 aliphatic heterocycles. The molecule has 1 fully saturated rings. The Morgan fingerprint density at radius 3 is 2.86 bits per heavy atom. The van der Waals surface area contributed by atoms with Gasteiger partial charge in [-0.15, -0.1) is 0 Å². The van der Waals surface area contributed by atoms with E-state index in [9.17, 15) is 4.79 Å². The number of ether oxygens (including phenoxy) is 1. The predicted octanol–water partition coefficient (Wildman–Crippen LogP) is 3.46. The van der Waals surface area contributed by atoms with Crippen molar-refractivity contribution in [3.05, 3.63) is 65.5 Å². The Morgan fingerprint density at radius 1 is 1.18 bits per heavy atom. The zero-order valence-corrected chi connectivity index (χ0v) is 15.9. The molecule has 6 nitrogen and oxygen atoms in total. The van der Waals surface area contributed by atoms with E-state index in [0.29, 0.717) is 18.3 Å². The molecule has 6 heteroatoms. The van der Waals surface area contributed by atoms with Crippen LogP contribution in [0.3, 0.4) is 0 Å². The van der Waals surface area contributed by atoms with E-state index in [0.717, 1.165) is 48.3 Å². The first-order chi connectivity index (χ1) is 13.7. The van der Waals surface area contributed by atoms with Gasteiger partial charge in [0.05, 0.1) is 5.52 Å². The Hall–Kier alpha value is -2.99. The lowest BCUT2D eigenvalue weighted by Gasteiger charge is -2.23. The van der Waals surface area contributed by atoms with E-state index in [1.807, 2.05) is 37.3 Å². The number of benzene rings is 1. The number of pyridine rings is 2. The standard InChI is InChI=1S/C22H24N4O2/c1-15-3-2-4-16(11-15)13-24-22(27)19-6-5-17-14-23-21(12-20(17)26-19)25-18-7-9-28-10-8-18/h2-6,11-12,14,18H,7-10,13H2,1H3,(H,23,25)(H,24,27). The van der Waals surface area contributed by atoms with Gasteiger partial charge in [0, 0.05) is 43.4 Å². The minimum absolute atomic E-state index is 0.181. The van der Waals surface area contributed by atoms with E-state index >= 15 is 0 Å². The summed E-state index contributed by atoms with van der Waals surface area (Å²) in [5, 5.41) is 7.29. The van der Waals surface area contributed by atoms with E-state index in [1.54, 1.807) is 12.3 Å². The molecule has 1 amide bonds. The van der Waals surface area contributed by atoms with Gasteiger partial charge in [0.15, 0.2) is 0 Å². The number of aromatic nitrogens is 2. The Morgan fingerprint density at radius 2 is 2.04 bits per heavy atom. The first kappa shape index (κ1) is 18.4. The van der Waals surface area contributed by atoms with E-state index in [1.165, 1.54) is 5.56 Å². The Balaban J connectivity index is 1.46. The molecular weight excluding hydrogens is 352 g/mol. The SMILES string of the molecule is Cc1cccc(CNC(=O)c2ccc3cnc(NC4CCOCC4)cc3n2)c1. The molecule has 0 unspecified atom stereocenters. The molecule has 3 heterocycles. The minimum Gasteiger partial charge on any atom is -0.381 e. The molecule has 0 radical (unpaired) electrons. The number of carbonyl (C=O) groups excluding carboxylic acids is 1. The highest BCUT2D eigenvalue weighted by molar-refractivity contribution is 5.95. The van der Waals surface area contributed by atoms with Gasteiger partial charge in [-0.05, 0) is 37.5 Å². The summed E-state index contributed by atoms with van der Waals surface area (Å²) < 4.78 is 5.39. The van der Waals surface area contributed by atoms with Crippen LogP contribution in [0, 0.1) is 6.92 Å². The molecule has 0 bridgehead atoms. The van der Waals surface area contributed by atoms with Gasteiger partial charge in [-0.3, -0.25) is 4.79 Å². The molecule has 1 saturated heterocycles. The molecule has 0 atom stereocenters. The number of fused-ring (bicyclic) bond motifs is 1. The Labute approximate surface area is 164 Å². The normalized spacial score (nSPS) is 14.8. The van der Waals surface area contributed by atoms with Gasteiger partial charge >= 0.3 is 0 Å². The predicted molar refractivity (Wildman–Crippen MR) is 109 cm³/mol. The van der Waals surface area contributed by atoms with E-state index in [4.69, 9.17) is 4.74 Å². The van der Waals surface area contributed by atoms with Gasteiger partial charge in [0.2, 0.25) is 0 Å². The molecular formula is C22H24N4O2. The Kier molecular flexibility index (Phi) is 5.48. The van der Waals surface area contributed by atoms with Crippen LogP contribution in [0.2, 0.25) is 0 Å². The molecule has 0 spiro atoms. The summed E-state index contributed by atoms with van der Waals surface area (Å²) in [6.07, 6.45) is 3.72. The van der Waals surface area contributed by atoms with Crippen LogP contribution in [0.5, 0.6) is 0 Å². The molecule has 0 aliphatic carbocycles. The van der Waals surface area contributed by atoms with Gasteiger partial charge < -0.3 is 15.4 Å². The fourth-order valence-corrected chi connectivity index (χ4v) is 3.37. The zero-order valence-electron chi connectivity index (χ0n) is 15.9. The molecule has 2 N–H and O–H groups in total. The maximum absolute atomic E-state index is 12.5. The first-order valence-electron chi connectivity index (χ1n) is 9.62. The highest BCUT2D eigenvalue weighted by Gasteiger charge is 2.14. The maximum atomic E-state index is 12.5. The number of hydrogen-bond donors (Lipinski definition) is 2. The number of nitrogens with zero attached hydrogens (tertiary/aromatic N) is 2. The third kappa shape index (κ3) is 4.46. The van der Waals surface area contributed by atoms with E-state index in [2.05, 4.69) is 26.7 Å². The minimum atomic E-state index is -0.181. The Bertz CT molecular complexity index is 983. The van der Waals surface area contributed by atoms with Gasteiger partial charge in [0.25, 0.3) is 5.91 Å². The molecule has 4 rings (SSSR count). The van der Waals surface area contributed by atoms with Crippen molar-refractivity contribution in [3.63, 3.8) is 0 Å². The summed E-state index contributed by atoms with van der Waals surface area (Å²) >= 11 is 0. The van der Waals surface area contributed by atoms with Gasteiger partial charge in [-0.1, -0.05) is 29.8 Å². The van der Waals surface area contributed by atoms with Crippen molar-refractivity contribution >= 4 is 22.6 Å². The molecule has 28 heavy (non-hydrogen) atoms. The summed E-state index contributed by atoms with van der Waals surface area (Å²) in [7, 11) is 0. The largest absolute Gasteiger partial charge is 0.381 e. The number of anilines is 1. The second kappa shape index (κ2) is 8.35. The number of nitrogens with one attached hydrogen (secondary N) is 2. The van der Waals surface area contributed by atoms with Gasteiger partial charge in [0.1, 0.15) is 11.5 Å². The van der Waals surface area contributed by atoms with Crippen LogP contribution in [0.1, 0.15) is 34.5 Å². The summed E-state index contributed by atoms with van der Waals surface area (Å²) in [5.41, 5.74) is 3.41. The quantitative estimate of drug-likeness (QED) is 0.713. The van der Waals surface area contributed by atoms with Crippen LogP contribution in [0.25, 0.3) is 10.9 Å². The zero-order chi connectivity index (χ0) is 19.3. The van der Waals surface area contributed by atoms with Gasteiger partial charge in [-0.25, -0.2) is 9.97 Å². The number of aryl methyl sites for hydroxylation is 1. The molecule has 1 aromatic carbocycles. The average molecular weight is 376 g/mol. The molecule has 1 aliphatic rings. The molecule has 3 aromatic rings. The van der Waals surface area contributed by atoms with Crippen LogP contribution in [-0.4, -0.2) is 35.1 Å². The fourth-order valence-electron chi connectivity index (χ4n) is 3.37. The monoisotopic (exact) mass is 376 g/mol. The lowest BCUT2D eigenvalue weighted by atomic mass is 10.1. The second-order valence-electron chi connectivity index (χ2n) is 7.16. The number of rotatable bonds is 5. The number of hydrogen-bond acceptors (Lipinski definition) is 5. The van der Waals surface area contributed by atoms with Crippen molar-refractivity contribution in [2.24, 2.45) is 0 Å². The van der Waals surface area contributed by atoms with E-state index in [-0.39, 0.29) is 5.91 Å². The van der Waals surface area contributed by atoms with Crippen LogP contribution >= 0.6 is 0 Å². The van der Waals surface area contributed by atoms with Crippen LogP contribution in [-0.2, 0) is 11.3 Å². The smallest absolute Gasteiger partial charge is 0.270 e. The lowest BCUT2D eigenvalue weighted by Crippen LogP contribution is -2.28. The first-order valence-corrected chi connectivity index (χ1v) is 9.62. The summed E-state index contributed by atoms with van der Waals surface area (Å²) in [5.74, 6) is 0.600. The number of carbonyl (C=O) groups is 1. The molecule has 0 saturated carbocycles. The van der Waals surface area contributed by atoms with Crippen molar-refractivity contribution in [1.29, 1.82) is 0 Å². The van der Waals surface area contributed by atoms with Crippen molar-refractivity contribution in [2.45, 2.75) is 32.4 Å². The summed E-state index contributed by atoms with van der Waals surface area (Å²) in [6.45, 7) is 4.06. The van der Waals surface area contributed by atoms with E-state index < -0.39 is 0 Å². The lowest BCUT2D eigenvalue weighted by molar-refractivity contribution is 0.0903. The topological polar surface area (TPSA) is 76.1 Å². The second-order valence-corrected chi connectivity index (χ2v) is 7.16. The van der Waals surface area contributed by atoms with Crippen LogP contribution < -0.4 is 10.6 Å². The summed E-state index contributed by atoms with van der Waals surface area (Å²) in [6, 6.07) is 14.0. The van der Waals surface area contributed by atoms with Crippen LogP contribution in [0.15, 0.2) is 48.7 Å². The third-order valence-corrected chi connectivity index (χ3v) is 4.92. The van der Waals surface area contributed by atoms with Crippen molar-refractivity contribution in [1.82, 2.24) is 15.3 Å².